The molecule has 0 fully saturated rings. The van der Waals surface area contributed by atoms with E-state index in [1.807, 2.05) is 17.7 Å². The Morgan fingerprint density at radius 2 is 2.24 bits per heavy atom. The highest BCUT2D eigenvalue weighted by atomic mass is 32.1. The van der Waals surface area contributed by atoms with E-state index >= 15 is 0 Å². The van der Waals surface area contributed by atoms with Crippen molar-refractivity contribution in [2.24, 2.45) is 7.05 Å². The van der Waals surface area contributed by atoms with Gasteiger partial charge in [-0.1, -0.05) is 13.3 Å². The highest BCUT2D eigenvalue weighted by Crippen LogP contribution is 2.25. The van der Waals surface area contributed by atoms with E-state index in [1.165, 1.54) is 11.3 Å². The van der Waals surface area contributed by atoms with Crippen molar-refractivity contribution < 1.29 is 0 Å². The minimum Gasteiger partial charge on any atom is -0.312 e. The zero-order valence-corrected chi connectivity index (χ0v) is 13.3. The van der Waals surface area contributed by atoms with E-state index in [0.717, 1.165) is 38.6 Å². The van der Waals surface area contributed by atoms with Crippen LogP contribution in [0.25, 0.3) is 11.4 Å². The SMILES string of the molecule is CCCCn1c2c(cc(-c3n[nH]c(=S)n3C)c1=O)CCC2. The summed E-state index contributed by atoms with van der Waals surface area (Å²) < 4.78 is 4.25. The number of aromatic amines is 1. The molecule has 2 heterocycles. The molecule has 0 saturated heterocycles. The minimum absolute atomic E-state index is 0.0567. The molecule has 0 saturated carbocycles. The molecule has 5 nitrogen and oxygen atoms in total. The number of rotatable bonds is 4. The molecule has 1 aliphatic carbocycles. The van der Waals surface area contributed by atoms with Crippen molar-refractivity contribution >= 4 is 12.2 Å². The van der Waals surface area contributed by atoms with Crippen LogP contribution in [0.1, 0.15) is 37.4 Å². The maximum atomic E-state index is 12.9. The van der Waals surface area contributed by atoms with Gasteiger partial charge in [-0.25, -0.2) is 0 Å². The molecule has 21 heavy (non-hydrogen) atoms. The van der Waals surface area contributed by atoms with Crippen molar-refractivity contribution in [2.45, 2.75) is 45.6 Å². The maximum Gasteiger partial charge on any atom is 0.261 e. The lowest BCUT2D eigenvalue weighted by atomic mass is 10.1. The maximum absolute atomic E-state index is 12.9. The zero-order chi connectivity index (χ0) is 15.0. The summed E-state index contributed by atoms with van der Waals surface area (Å²) in [4.78, 5) is 12.9. The normalized spacial score (nSPS) is 13.6. The largest absolute Gasteiger partial charge is 0.312 e. The van der Waals surface area contributed by atoms with Gasteiger partial charge in [0.25, 0.3) is 5.56 Å². The summed E-state index contributed by atoms with van der Waals surface area (Å²) in [6.45, 7) is 2.94. The fourth-order valence-corrected chi connectivity index (χ4v) is 3.15. The van der Waals surface area contributed by atoms with E-state index < -0.39 is 0 Å². The predicted molar refractivity (Wildman–Crippen MR) is 85.0 cm³/mol. The van der Waals surface area contributed by atoms with Crippen LogP contribution < -0.4 is 5.56 Å². The van der Waals surface area contributed by atoms with E-state index in [-0.39, 0.29) is 5.56 Å². The summed E-state index contributed by atoms with van der Waals surface area (Å²) in [5.41, 5.74) is 3.21. The van der Waals surface area contributed by atoms with E-state index in [0.29, 0.717) is 16.2 Å². The molecule has 0 unspecified atom stereocenters. The fraction of sp³-hybridized carbons (Fsp3) is 0.533. The Morgan fingerprint density at radius 1 is 1.43 bits per heavy atom. The van der Waals surface area contributed by atoms with E-state index in [2.05, 4.69) is 17.1 Å². The summed E-state index contributed by atoms with van der Waals surface area (Å²) in [6.07, 6.45) is 5.28. The number of unbranched alkanes of at least 4 members (excludes halogenated alkanes) is 1. The summed E-state index contributed by atoms with van der Waals surface area (Å²) in [7, 11) is 1.84. The zero-order valence-electron chi connectivity index (χ0n) is 12.5. The van der Waals surface area contributed by atoms with Crippen molar-refractivity contribution in [2.75, 3.05) is 0 Å². The van der Waals surface area contributed by atoms with Gasteiger partial charge in [-0.3, -0.25) is 9.89 Å². The van der Waals surface area contributed by atoms with Crippen LogP contribution in [0.15, 0.2) is 10.9 Å². The summed E-state index contributed by atoms with van der Waals surface area (Å²) >= 11 is 5.16. The molecule has 3 rings (SSSR count). The molecular weight excluding hydrogens is 284 g/mol. The number of hydrogen-bond acceptors (Lipinski definition) is 3. The average molecular weight is 304 g/mol. The van der Waals surface area contributed by atoms with E-state index in [1.54, 1.807) is 4.57 Å². The second-order valence-electron chi connectivity index (χ2n) is 5.61. The van der Waals surface area contributed by atoms with Crippen LogP contribution >= 0.6 is 12.2 Å². The predicted octanol–water partition coefficient (Wildman–Crippen LogP) is 2.60. The van der Waals surface area contributed by atoms with Crippen LogP contribution in [0.3, 0.4) is 0 Å². The molecule has 0 aromatic carbocycles. The Balaban J connectivity index is 2.20. The molecule has 0 atom stereocenters. The molecule has 0 spiro atoms. The number of pyridine rings is 1. The molecule has 6 heteroatoms. The molecule has 0 aliphatic heterocycles. The Morgan fingerprint density at radius 3 is 2.90 bits per heavy atom. The van der Waals surface area contributed by atoms with Crippen molar-refractivity contribution in [3.63, 3.8) is 0 Å². The molecule has 112 valence electrons. The lowest BCUT2D eigenvalue weighted by molar-refractivity contribution is 0.590. The Hall–Kier alpha value is -1.69. The first-order chi connectivity index (χ1) is 10.1. The quantitative estimate of drug-likeness (QED) is 0.883. The Kier molecular flexibility index (Phi) is 3.80. The number of fused-ring (bicyclic) bond motifs is 1. The first-order valence-corrected chi connectivity index (χ1v) is 7.91. The van der Waals surface area contributed by atoms with Crippen molar-refractivity contribution in [3.8, 4) is 11.4 Å². The lowest BCUT2D eigenvalue weighted by Crippen LogP contribution is -2.26. The topological polar surface area (TPSA) is 55.6 Å². The first-order valence-electron chi connectivity index (χ1n) is 7.50. The summed E-state index contributed by atoms with van der Waals surface area (Å²) in [5.74, 6) is 0.630. The third-order valence-electron chi connectivity index (χ3n) is 4.21. The molecule has 2 aromatic rings. The molecule has 2 aromatic heterocycles. The van der Waals surface area contributed by atoms with Gasteiger partial charge in [0.1, 0.15) is 0 Å². The van der Waals surface area contributed by atoms with Gasteiger partial charge in [0.05, 0.1) is 5.56 Å². The van der Waals surface area contributed by atoms with Crippen molar-refractivity contribution in [3.05, 3.63) is 32.4 Å². The number of hydrogen-bond donors (Lipinski definition) is 1. The number of H-pyrrole nitrogens is 1. The van der Waals surface area contributed by atoms with Gasteiger partial charge in [0.15, 0.2) is 10.6 Å². The lowest BCUT2D eigenvalue weighted by Gasteiger charge is -2.14. The smallest absolute Gasteiger partial charge is 0.261 e. The highest BCUT2D eigenvalue weighted by Gasteiger charge is 2.21. The molecular formula is C15H20N4OS. The average Bonchev–Trinajstić information content (AvgIpc) is 3.06. The van der Waals surface area contributed by atoms with Crippen LogP contribution in [-0.2, 0) is 26.4 Å². The van der Waals surface area contributed by atoms with Gasteiger partial charge in [-0.2, -0.15) is 5.10 Å². The van der Waals surface area contributed by atoms with Gasteiger partial charge in [-0.15, -0.1) is 0 Å². The van der Waals surface area contributed by atoms with E-state index in [9.17, 15) is 4.79 Å². The van der Waals surface area contributed by atoms with Crippen molar-refractivity contribution in [1.29, 1.82) is 0 Å². The standard InChI is InChI=1S/C15H20N4OS/c1-3-4-8-19-12-7-5-6-10(12)9-11(14(19)20)13-16-17-15(21)18(13)2/h9H,3-8H2,1-2H3,(H,17,21). The summed E-state index contributed by atoms with van der Waals surface area (Å²) in [6, 6.07) is 2.01. The highest BCUT2D eigenvalue weighted by molar-refractivity contribution is 7.71. The molecule has 1 aliphatic rings. The third kappa shape index (κ3) is 2.37. The number of aromatic nitrogens is 4. The van der Waals surface area contributed by atoms with Gasteiger partial charge >= 0.3 is 0 Å². The van der Waals surface area contributed by atoms with Gasteiger partial charge < -0.3 is 9.13 Å². The number of nitrogens with one attached hydrogen (secondary N) is 1. The second-order valence-corrected chi connectivity index (χ2v) is 5.99. The van der Waals surface area contributed by atoms with Gasteiger partial charge in [-0.05, 0) is 49.5 Å². The molecule has 1 N–H and O–H groups in total. The molecule has 0 amide bonds. The fourth-order valence-electron chi connectivity index (χ4n) is 3.02. The van der Waals surface area contributed by atoms with Crippen LogP contribution in [0.4, 0.5) is 0 Å². The van der Waals surface area contributed by atoms with Crippen molar-refractivity contribution in [1.82, 2.24) is 19.3 Å². The molecule has 0 radical (unpaired) electrons. The summed E-state index contributed by atoms with van der Waals surface area (Å²) in [5, 5.41) is 6.99. The van der Waals surface area contributed by atoms with Gasteiger partial charge in [0, 0.05) is 19.3 Å². The monoisotopic (exact) mass is 304 g/mol. The third-order valence-corrected chi connectivity index (χ3v) is 4.57. The van der Waals surface area contributed by atoms with Crippen LogP contribution in [-0.4, -0.2) is 19.3 Å². The van der Waals surface area contributed by atoms with Crippen LogP contribution in [0, 0.1) is 4.77 Å². The van der Waals surface area contributed by atoms with Crippen LogP contribution in [0.2, 0.25) is 0 Å². The number of aryl methyl sites for hydroxylation is 1. The van der Waals surface area contributed by atoms with Crippen LogP contribution in [0.5, 0.6) is 0 Å². The first kappa shape index (κ1) is 14.3. The minimum atomic E-state index is 0.0567. The Labute approximate surface area is 128 Å². The second kappa shape index (κ2) is 5.60. The van der Waals surface area contributed by atoms with E-state index in [4.69, 9.17) is 12.2 Å². The molecule has 0 bridgehead atoms. The number of nitrogens with zero attached hydrogens (tertiary/aromatic N) is 3. The Bertz CT molecular complexity index is 784. The van der Waals surface area contributed by atoms with Gasteiger partial charge in [0.2, 0.25) is 0 Å².